The SMILES string of the molecule is CS(=O)(=O)N1C[C@@H]2CN(CCO2)C(=O)[C@@H]2C[C@@H](CN2Cc2ccccc2O)NC(=O)C[C@@H]2O[C@H](C1)[C@@H](O)[C@H]2O. The lowest BCUT2D eigenvalue weighted by molar-refractivity contribution is -0.144. The number of aliphatic hydroxyl groups is 2. The van der Waals surface area contributed by atoms with Gasteiger partial charge < -0.3 is 35.0 Å². The van der Waals surface area contributed by atoms with E-state index in [1.165, 1.54) is 0 Å². The van der Waals surface area contributed by atoms with Crippen LogP contribution in [-0.4, -0.2) is 138 Å². The summed E-state index contributed by atoms with van der Waals surface area (Å²) in [5, 5.41) is 34.4. The van der Waals surface area contributed by atoms with Gasteiger partial charge in [-0.25, -0.2) is 8.42 Å². The van der Waals surface area contributed by atoms with E-state index in [0.717, 1.165) is 10.6 Å². The number of carbonyl (C=O) groups excluding carboxylic acids is 2. The average molecular weight is 569 g/mol. The van der Waals surface area contributed by atoms with E-state index in [1.54, 1.807) is 29.2 Å². The Hall–Kier alpha value is -2.33. The second-order valence-corrected chi connectivity index (χ2v) is 12.8. The van der Waals surface area contributed by atoms with Crippen LogP contribution in [0, 0.1) is 0 Å². The first kappa shape index (κ1) is 28.2. The van der Waals surface area contributed by atoms with Gasteiger partial charge in [-0.15, -0.1) is 0 Å². The average Bonchev–Trinajstić information content (AvgIpc) is 3.39. The topological polar surface area (TPSA) is 169 Å². The van der Waals surface area contributed by atoms with Crippen molar-refractivity contribution in [2.45, 2.75) is 62.0 Å². The molecule has 0 aromatic heterocycles. The first-order valence-corrected chi connectivity index (χ1v) is 15.0. The summed E-state index contributed by atoms with van der Waals surface area (Å²) >= 11 is 0. The molecule has 4 fully saturated rings. The number of likely N-dealkylation sites (tertiary alicyclic amines) is 1. The molecule has 0 aliphatic carbocycles. The number of ether oxygens (including phenoxy) is 2. The molecule has 0 radical (unpaired) electrons. The van der Waals surface area contributed by atoms with Crippen LogP contribution in [0.4, 0.5) is 0 Å². The largest absolute Gasteiger partial charge is 0.508 e. The Bertz CT molecular complexity index is 1180. The number of phenolic OH excluding ortho intramolecular Hbond substituents is 1. The molecular weight excluding hydrogens is 532 g/mol. The van der Waals surface area contributed by atoms with Crippen LogP contribution in [0.1, 0.15) is 18.4 Å². The zero-order valence-corrected chi connectivity index (χ0v) is 22.6. The van der Waals surface area contributed by atoms with Crippen molar-refractivity contribution < 1.29 is 42.8 Å². The van der Waals surface area contributed by atoms with Crippen molar-refractivity contribution in [1.29, 1.82) is 0 Å². The van der Waals surface area contributed by atoms with E-state index in [1.807, 2.05) is 4.90 Å². The summed E-state index contributed by atoms with van der Waals surface area (Å²) in [5.41, 5.74) is 0.652. The molecule has 4 N–H and O–H groups in total. The molecule has 6 bridgehead atoms. The summed E-state index contributed by atoms with van der Waals surface area (Å²) < 4.78 is 38.0. The number of aliphatic hydroxyl groups excluding tert-OH is 2. The Morgan fingerprint density at radius 3 is 2.54 bits per heavy atom. The van der Waals surface area contributed by atoms with Crippen LogP contribution in [0.2, 0.25) is 0 Å². The second kappa shape index (κ2) is 11.3. The molecule has 1 aromatic carbocycles. The number of hydrogen-bond donors (Lipinski definition) is 4. The number of fused-ring (bicyclic) bond motifs is 6. The van der Waals surface area contributed by atoms with Gasteiger partial charge in [-0.2, -0.15) is 4.31 Å². The summed E-state index contributed by atoms with van der Waals surface area (Å²) in [5.74, 6) is -0.448. The summed E-state index contributed by atoms with van der Waals surface area (Å²) in [6.07, 6.45) is -4.26. The first-order chi connectivity index (χ1) is 18.5. The molecule has 14 heteroatoms. The minimum atomic E-state index is -3.76. The number of aromatic hydroxyl groups is 1. The number of phenols is 1. The van der Waals surface area contributed by atoms with Crippen molar-refractivity contribution >= 4 is 21.8 Å². The normalized spacial score (nSPS) is 35.3. The Kier molecular flexibility index (Phi) is 8.15. The fourth-order valence-corrected chi connectivity index (χ4v) is 6.79. The molecule has 216 valence electrons. The Labute approximate surface area is 227 Å². The van der Waals surface area contributed by atoms with Crippen LogP contribution in [-0.2, 0) is 35.6 Å². The van der Waals surface area contributed by atoms with E-state index in [0.29, 0.717) is 31.6 Å². The summed E-state index contributed by atoms with van der Waals surface area (Å²) in [6.45, 7) is 1.10. The molecule has 0 unspecified atom stereocenters. The molecule has 0 saturated carbocycles. The number of carbonyl (C=O) groups is 2. The minimum absolute atomic E-state index is 0.0642. The molecule has 4 saturated heterocycles. The predicted octanol–water partition coefficient (Wildman–Crippen LogP) is -2.17. The van der Waals surface area contributed by atoms with Gasteiger partial charge in [0.05, 0.1) is 37.5 Å². The van der Waals surface area contributed by atoms with Gasteiger partial charge in [-0.1, -0.05) is 18.2 Å². The van der Waals surface area contributed by atoms with Crippen LogP contribution in [0.25, 0.3) is 0 Å². The van der Waals surface area contributed by atoms with Gasteiger partial charge in [-0.05, 0) is 12.5 Å². The Morgan fingerprint density at radius 1 is 1.05 bits per heavy atom. The number of rotatable bonds is 3. The van der Waals surface area contributed by atoms with Crippen LogP contribution in [0.3, 0.4) is 0 Å². The molecule has 4 aliphatic heterocycles. The standard InChI is InChI=1S/C25H36N4O9S/c1-39(35,36)29-13-17-12-27(6-7-37-17)25(34)18-8-16(11-28(18)10-15-4-2-3-5-19(15)30)26-22(31)9-20-23(32)24(33)21(14-29)38-20/h2-5,16-18,20-21,23-24,30,32-33H,6-14H2,1H3,(H,26,31)/t16-,17-,18-,20-,21+,23-,24+/m0/s1. The number of morpholine rings is 1. The molecule has 4 aliphatic rings. The highest BCUT2D eigenvalue weighted by Crippen LogP contribution is 2.29. The molecule has 4 heterocycles. The Balaban J connectivity index is 1.43. The molecule has 5 rings (SSSR count). The third-order valence-corrected chi connectivity index (χ3v) is 9.21. The maximum absolute atomic E-state index is 13.8. The smallest absolute Gasteiger partial charge is 0.240 e. The lowest BCUT2D eigenvalue weighted by Gasteiger charge is -2.38. The third-order valence-electron chi connectivity index (χ3n) is 7.98. The lowest BCUT2D eigenvalue weighted by Crippen LogP contribution is -2.55. The van der Waals surface area contributed by atoms with E-state index in [9.17, 15) is 33.3 Å². The van der Waals surface area contributed by atoms with Gasteiger partial charge in [0, 0.05) is 50.9 Å². The van der Waals surface area contributed by atoms with Crippen molar-refractivity contribution in [2.75, 3.05) is 45.6 Å². The fourth-order valence-electron chi connectivity index (χ4n) is 5.93. The maximum atomic E-state index is 13.8. The molecular formula is C25H36N4O9S. The van der Waals surface area contributed by atoms with Gasteiger partial charge >= 0.3 is 0 Å². The predicted molar refractivity (Wildman–Crippen MR) is 137 cm³/mol. The third kappa shape index (κ3) is 6.21. The van der Waals surface area contributed by atoms with Crippen molar-refractivity contribution in [2.24, 2.45) is 0 Å². The second-order valence-electron chi connectivity index (χ2n) is 10.8. The highest BCUT2D eigenvalue weighted by atomic mass is 32.2. The maximum Gasteiger partial charge on any atom is 0.240 e. The van der Waals surface area contributed by atoms with Gasteiger partial charge in [0.25, 0.3) is 0 Å². The number of benzene rings is 1. The van der Waals surface area contributed by atoms with Crippen molar-refractivity contribution in [3.8, 4) is 5.75 Å². The van der Waals surface area contributed by atoms with Gasteiger partial charge in [-0.3, -0.25) is 14.5 Å². The van der Waals surface area contributed by atoms with Gasteiger partial charge in [0.2, 0.25) is 21.8 Å². The minimum Gasteiger partial charge on any atom is -0.508 e. The van der Waals surface area contributed by atoms with Crippen LogP contribution >= 0.6 is 0 Å². The number of para-hydroxylation sites is 1. The van der Waals surface area contributed by atoms with E-state index in [2.05, 4.69) is 5.32 Å². The van der Waals surface area contributed by atoms with Crippen molar-refractivity contribution in [3.05, 3.63) is 29.8 Å². The number of sulfonamides is 1. The van der Waals surface area contributed by atoms with Crippen LogP contribution < -0.4 is 5.32 Å². The van der Waals surface area contributed by atoms with Crippen LogP contribution in [0.15, 0.2) is 24.3 Å². The van der Waals surface area contributed by atoms with Gasteiger partial charge in [0.1, 0.15) is 24.1 Å². The number of nitrogens with zero attached hydrogens (tertiary/aromatic N) is 3. The fraction of sp³-hybridized carbons (Fsp3) is 0.680. The quantitative estimate of drug-likeness (QED) is 0.315. The van der Waals surface area contributed by atoms with Gasteiger partial charge in [0.15, 0.2) is 0 Å². The van der Waals surface area contributed by atoms with E-state index < -0.39 is 52.5 Å². The zero-order valence-electron chi connectivity index (χ0n) is 21.8. The summed E-state index contributed by atoms with van der Waals surface area (Å²) in [7, 11) is -3.76. The van der Waals surface area contributed by atoms with Crippen molar-refractivity contribution in [3.63, 3.8) is 0 Å². The zero-order chi connectivity index (χ0) is 27.9. The molecule has 13 nitrogen and oxygen atoms in total. The number of hydrogen-bond acceptors (Lipinski definition) is 10. The van der Waals surface area contributed by atoms with E-state index >= 15 is 0 Å². The number of nitrogens with one attached hydrogen (secondary N) is 1. The van der Waals surface area contributed by atoms with Crippen LogP contribution in [0.5, 0.6) is 5.75 Å². The molecule has 0 spiro atoms. The summed E-state index contributed by atoms with van der Waals surface area (Å²) in [4.78, 5) is 30.3. The first-order valence-electron chi connectivity index (χ1n) is 13.2. The van der Waals surface area contributed by atoms with E-state index in [4.69, 9.17) is 9.47 Å². The number of amides is 2. The molecule has 39 heavy (non-hydrogen) atoms. The lowest BCUT2D eigenvalue weighted by atomic mass is 10.0. The monoisotopic (exact) mass is 568 g/mol. The molecule has 7 atom stereocenters. The van der Waals surface area contributed by atoms with E-state index in [-0.39, 0.29) is 50.4 Å². The molecule has 1 aromatic rings. The highest BCUT2D eigenvalue weighted by Gasteiger charge is 2.46. The van der Waals surface area contributed by atoms with Crippen molar-refractivity contribution in [1.82, 2.24) is 19.4 Å². The summed E-state index contributed by atoms with van der Waals surface area (Å²) in [6, 6.07) is 5.95. The Morgan fingerprint density at radius 2 is 1.79 bits per heavy atom. The highest BCUT2D eigenvalue weighted by molar-refractivity contribution is 7.88. The molecule has 2 amide bonds.